The number of hydrogen-bond donors (Lipinski definition) is 4. The van der Waals surface area contributed by atoms with Gasteiger partial charge in [-0.05, 0) is 29.6 Å². The van der Waals surface area contributed by atoms with Gasteiger partial charge in [-0.25, -0.2) is 9.59 Å². The van der Waals surface area contributed by atoms with E-state index in [0.29, 0.717) is 5.92 Å². The SMILES string of the molecule is CC1(C)[C@H]2CC[C@]1(C)[C@H](NC(N)=O)[C@@H]2NC(N)=O. The molecule has 2 fully saturated rings. The molecular weight excluding hydrogens is 232 g/mol. The Hall–Kier alpha value is -1.46. The normalized spacial score (nSPS) is 40.5. The van der Waals surface area contributed by atoms with Crippen LogP contribution in [0.4, 0.5) is 9.59 Å². The molecule has 4 atom stereocenters. The Kier molecular flexibility index (Phi) is 2.72. The van der Waals surface area contributed by atoms with Crippen LogP contribution in [0.1, 0.15) is 33.6 Å². The molecule has 0 saturated heterocycles. The average molecular weight is 254 g/mol. The molecule has 2 saturated carbocycles. The molecule has 0 unspecified atom stereocenters. The topological polar surface area (TPSA) is 110 Å². The number of urea groups is 2. The highest BCUT2D eigenvalue weighted by molar-refractivity contribution is 5.74. The van der Waals surface area contributed by atoms with Crippen molar-refractivity contribution in [3.8, 4) is 0 Å². The van der Waals surface area contributed by atoms with Crippen LogP contribution in [0.25, 0.3) is 0 Å². The van der Waals surface area contributed by atoms with Crippen molar-refractivity contribution in [3.05, 3.63) is 0 Å². The molecule has 102 valence electrons. The van der Waals surface area contributed by atoms with Gasteiger partial charge in [0.05, 0.1) is 12.1 Å². The van der Waals surface area contributed by atoms with Crippen molar-refractivity contribution in [3.63, 3.8) is 0 Å². The van der Waals surface area contributed by atoms with E-state index >= 15 is 0 Å². The first-order valence-electron chi connectivity index (χ1n) is 6.32. The van der Waals surface area contributed by atoms with Crippen LogP contribution in [0.5, 0.6) is 0 Å². The fourth-order valence-electron chi connectivity index (χ4n) is 4.13. The molecule has 4 amide bonds. The minimum absolute atomic E-state index is 0.0350. The number of fused-ring (bicyclic) bond motifs is 2. The first-order valence-corrected chi connectivity index (χ1v) is 6.32. The molecule has 0 aromatic carbocycles. The largest absolute Gasteiger partial charge is 0.352 e. The van der Waals surface area contributed by atoms with Crippen molar-refractivity contribution in [2.75, 3.05) is 0 Å². The summed E-state index contributed by atoms with van der Waals surface area (Å²) in [7, 11) is 0. The summed E-state index contributed by atoms with van der Waals surface area (Å²) in [5.41, 5.74) is 10.5. The third-order valence-electron chi connectivity index (χ3n) is 5.46. The van der Waals surface area contributed by atoms with E-state index in [0.717, 1.165) is 12.8 Å². The predicted octanol–water partition coefficient (Wildman–Crippen LogP) is 0.516. The van der Waals surface area contributed by atoms with E-state index in [1.54, 1.807) is 0 Å². The van der Waals surface area contributed by atoms with Crippen molar-refractivity contribution >= 4 is 12.1 Å². The second kappa shape index (κ2) is 3.76. The third-order valence-corrected chi connectivity index (χ3v) is 5.46. The van der Waals surface area contributed by atoms with Gasteiger partial charge < -0.3 is 22.1 Å². The van der Waals surface area contributed by atoms with Crippen LogP contribution in [0.3, 0.4) is 0 Å². The third kappa shape index (κ3) is 1.54. The Morgan fingerprint density at radius 1 is 1.11 bits per heavy atom. The quantitative estimate of drug-likeness (QED) is 0.576. The number of carbonyl (C=O) groups excluding carboxylic acids is 2. The molecule has 0 aromatic rings. The van der Waals surface area contributed by atoms with Crippen molar-refractivity contribution in [1.82, 2.24) is 10.6 Å². The van der Waals surface area contributed by atoms with Gasteiger partial charge >= 0.3 is 12.1 Å². The van der Waals surface area contributed by atoms with Gasteiger partial charge in [-0.2, -0.15) is 0 Å². The highest BCUT2D eigenvalue weighted by atomic mass is 16.2. The molecule has 0 aliphatic heterocycles. The molecular formula is C12H22N4O2. The van der Waals surface area contributed by atoms with Crippen molar-refractivity contribution < 1.29 is 9.59 Å². The Labute approximate surface area is 107 Å². The van der Waals surface area contributed by atoms with E-state index in [-0.39, 0.29) is 22.9 Å². The molecule has 2 bridgehead atoms. The van der Waals surface area contributed by atoms with E-state index in [4.69, 9.17) is 11.5 Å². The van der Waals surface area contributed by atoms with Crippen LogP contribution in [-0.4, -0.2) is 24.1 Å². The Morgan fingerprint density at radius 2 is 1.67 bits per heavy atom. The number of nitrogens with two attached hydrogens (primary N) is 2. The number of rotatable bonds is 2. The van der Waals surface area contributed by atoms with Crippen LogP contribution in [0, 0.1) is 16.7 Å². The summed E-state index contributed by atoms with van der Waals surface area (Å²) in [5.74, 6) is 0.312. The van der Waals surface area contributed by atoms with Crippen LogP contribution < -0.4 is 22.1 Å². The summed E-state index contributed by atoms with van der Waals surface area (Å²) in [5, 5.41) is 5.57. The number of hydrogen-bond acceptors (Lipinski definition) is 2. The van der Waals surface area contributed by atoms with Gasteiger partial charge in [0.15, 0.2) is 0 Å². The Balaban J connectivity index is 2.34. The molecule has 0 aromatic heterocycles. The van der Waals surface area contributed by atoms with Gasteiger partial charge in [0.2, 0.25) is 0 Å². The second-order valence-corrected chi connectivity index (χ2v) is 6.30. The molecule has 6 N–H and O–H groups in total. The summed E-state index contributed by atoms with van der Waals surface area (Å²) in [6.07, 6.45) is 2.05. The average Bonchev–Trinajstić information content (AvgIpc) is 2.50. The minimum Gasteiger partial charge on any atom is -0.352 e. The van der Waals surface area contributed by atoms with Gasteiger partial charge in [0, 0.05) is 0 Å². The van der Waals surface area contributed by atoms with Crippen molar-refractivity contribution in [2.24, 2.45) is 28.2 Å². The van der Waals surface area contributed by atoms with Crippen LogP contribution >= 0.6 is 0 Å². The molecule has 18 heavy (non-hydrogen) atoms. The standard InChI is InChI=1S/C12H22N4O2/c1-11(2)6-4-5-12(11,3)8(16-10(14)18)7(6)15-9(13)17/h6-8H,4-5H2,1-3H3,(H3,13,15,17)(H3,14,16,18)/t6-,7+,8+,12+/m0/s1. The molecule has 2 rings (SSSR count). The van der Waals surface area contributed by atoms with Crippen LogP contribution in [-0.2, 0) is 0 Å². The van der Waals surface area contributed by atoms with Gasteiger partial charge in [-0.3, -0.25) is 0 Å². The van der Waals surface area contributed by atoms with Crippen LogP contribution in [0.15, 0.2) is 0 Å². The Bertz CT molecular complexity index is 396. The van der Waals surface area contributed by atoms with E-state index in [1.807, 2.05) is 0 Å². The summed E-state index contributed by atoms with van der Waals surface area (Å²) >= 11 is 0. The first-order chi connectivity index (χ1) is 8.20. The lowest BCUT2D eigenvalue weighted by atomic mass is 9.69. The molecule has 0 spiro atoms. The van der Waals surface area contributed by atoms with Crippen molar-refractivity contribution in [1.29, 1.82) is 0 Å². The first kappa shape index (κ1) is 13.0. The fourth-order valence-corrected chi connectivity index (χ4v) is 4.13. The molecule has 2 aliphatic rings. The summed E-state index contributed by atoms with van der Waals surface area (Å²) in [4.78, 5) is 22.3. The molecule has 0 heterocycles. The maximum atomic E-state index is 11.2. The lowest BCUT2D eigenvalue weighted by Gasteiger charge is -2.40. The maximum Gasteiger partial charge on any atom is 0.312 e. The van der Waals surface area contributed by atoms with Gasteiger partial charge in [0.1, 0.15) is 0 Å². The fraction of sp³-hybridized carbons (Fsp3) is 0.833. The summed E-state index contributed by atoms with van der Waals surface area (Å²) < 4.78 is 0. The molecule has 0 radical (unpaired) electrons. The molecule has 2 aliphatic carbocycles. The highest BCUT2D eigenvalue weighted by Gasteiger charge is 2.66. The number of carbonyl (C=O) groups is 2. The summed E-state index contributed by atoms with van der Waals surface area (Å²) in [6.45, 7) is 6.52. The van der Waals surface area contributed by atoms with Crippen LogP contribution in [0.2, 0.25) is 0 Å². The molecule has 6 heteroatoms. The maximum absolute atomic E-state index is 11.2. The number of primary amides is 2. The van der Waals surface area contributed by atoms with Gasteiger partial charge in [0.25, 0.3) is 0 Å². The Morgan fingerprint density at radius 3 is 2.17 bits per heavy atom. The predicted molar refractivity (Wildman–Crippen MR) is 67.6 cm³/mol. The minimum atomic E-state index is -0.555. The zero-order valence-electron chi connectivity index (χ0n) is 11.1. The zero-order valence-corrected chi connectivity index (χ0v) is 11.1. The molecule has 6 nitrogen and oxygen atoms in total. The van der Waals surface area contributed by atoms with E-state index in [1.165, 1.54) is 0 Å². The summed E-state index contributed by atoms with van der Waals surface area (Å²) in [6, 6.07) is -1.40. The highest BCUT2D eigenvalue weighted by Crippen LogP contribution is 2.65. The van der Waals surface area contributed by atoms with E-state index < -0.39 is 12.1 Å². The van der Waals surface area contributed by atoms with Crippen molar-refractivity contribution in [2.45, 2.75) is 45.7 Å². The smallest absolute Gasteiger partial charge is 0.312 e. The second-order valence-electron chi connectivity index (χ2n) is 6.30. The monoisotopic (exact) mass is 254 g/mol. The van der Waals surface area contributed by atoms with Gasteiger partial charge in [-0.1, -0.05) is 20.8 Å². The van der Waals surface area contributed by atoms with E-state index in [9.17, 15) is 9.59 Å². The number of nitrogens with one attached hydrogen (secondary N) is 2. The zero-order chi connectivity index (χ0) is 13.7. The lowest BCUT2D eigenvalue weighted by Crippen LogP contribution is -2.59. The lowest BCUT2D eigenvalue weighted by molar-refractivity contribution is 0.123. The van der Waals surface area contributed by atoms with Gasteiger partial charge in [-0.15, -0.1) is 0 Å². The van der Waals surface area contributed by atoms with E-state index in [2.05, 4.69) is 31.4 Å². The number of amides is 4.